The number of carbonyl (C=O) groups excluding carboxylic acids is 2. The Bertz CT molecular complexity index is 938. The molecule has 0 aliphatic carbocycles. The van der Waals surface area contributed by atoms with Crippen molar-refractivity contribution >= 4 is 25.7 Å². The maximum atomic E-state index is 12.6. The van der Waals surface area contributed by atoms with E-state index >= 15 is 0 Å². The number of hydroxylamine groups is 2. The fourth-order valence-corrected chi connectivity index (χ4v) is 5.53. The number of phosphoric acid groups is 1. The summed E-state index contributed by atoms with van der Waals surface area (Å²) in [5.41, 5.74) is 5.00. The fraction of sp³-hybridized carbons (Fsp3) is 0.906. The zero-order chi connectivity index (χ0) is 35.1. The van der Waals surface area contributed by atoms with Gasteiger partial charge >= 0.3 is 25.7 Å². The molecule has 0 saturated carbocycles. The maximum Gasteiger partial charge on any atom is 0.472 e. The molecule has 47 heavy (non-hydrogen) atoms. The van der Waals surface area contributed by atoms with Crippen LogP contribution in [0.5, 0.6) is 0 Å². The minimum absolute atomic E-state index is 0.0412. The molecule has 0 amide bonds. The second kappa shape index (κ2) is 24.5. The number of nitrogens with zero attached hydrogens (tertiary/aromatic N) is 1. The molecule has 0 bridgehead atoms. The third kappa shape index (κ3) is 21.8. The lowest BCUT2D eigenvalue weighted by atomic mass is 10.0. The second-order valence-electron chi connectivity index (χ2n) is 12.9. The Balaban J connectivity index is 2.44. The highest BCUT2D eigenvalue weighted by Crippen LogP contribution is 2.43. The van der Waals surface area contributed by atoms with Gasteiger partial charge in [0.1, 0.15) is 19.4 Å². The van der Waals surface area contributed by atoms with E-state index in [2.05, 4.69) is 11.4 Å². The minimum atomic E-state index is -4.75. The first-order chi connectivity index (χ1) is 22.3. The average Bonchev–Trinajstić information content (AvgIpc) is 3.35. The van der Waals surface area contributed by atoms with Crippen LogP contribution in [0.15, 0.2) is 0 Å². The molecule has 0 spiro atoms. The lowest BCUT2D eigenvalue weighted by Gasteiger charge is -2.30. The number of hydrogen-bond acceptors (Lipinski definition) is 12. The van der Waals surface area contributed by atoms with Crippen molar-refractivity contribution in [2.45, 2.75) is 154 Å². The highest BCUT2D eigenvalue weighted by atomic mass is 31.2. The van der Waals surface area contributed by atoms with Gasteiger partial charge in [0.25, 0.3) is 0 Å². The molecule has 276 valence electrons. The van der Waals surface area contributed by atoms with Gasteiger partial charge in [-0.05, 0) is 33.6 Å². The fourth-order valence-electron chi connectivity index (χ4n) is 4.76. The number of carboxylic acids is 1. The highest BCUT2D eigenvalue weighted by Gasteiger charge is 2.35. The van der Waals surface area contributed by atoms with Crippen LogP contribution in [0, 0.1) is 0 Å². The predicted octanol–water partition coefficient (Wildman–Crippen LogP) is 5.64. The predicted molar refractivity (Wildman–Crippen MR) is 175 cm³/mol. The van der Waals surface area contributed by atoms with E-state index in [4.69, 9.17) is 34.4 Å². The van der Waals surface area contributed by atoms with Crippen LogP contribution >= 0.6 is 7.82 Å². The van der Waals surface area contributed by atoms with Gasteiger partial charge in [-0.2, -0.15) is 5.06 Å². The number of phosphoric ester groups is 1. The van der Waals surface area contributed by atoms with Crippen LogP contribution < -0.4 is 5.73 Å². The van der Waals surface area contributed by atoms with E-state index < -0.39 is 57.7 Å². The largest absolute Gasteiger partial charge is 0.480 e. The smallest absolute Gasteiger partial charge is 0.472 e. The molecule has 1 heterocycles. The SMILES string of the molecule is CCCCCCCCCCCCCCCC(=O)OC[C@H](COP(=O)(O)OC[C@H](N)C(=O)O)OC(=O)CCC(C)ON1COCC1(C)C. The van der Waals surface area contributed by atoms with Crippen molar-refractivity contribution in [1.29, 1.82) is 0 Å². The standard InChI is InChI=1S/C32H61N2O12P/c1-5-6-7-8-9-10-11-12-13-14-15-16-17-18-29(35)42-21-27(22-43-47(39,40)44-23-28(33)31(37)38)45-30(36)20-19-26(2)46-34-25-41-24-32(34,3)4/h26-28H,5-25,33H2,1-4H3,(H,37,38)(H,39,40)/t26?,27-,28+/m1/s1. The average molecular weight is 697 g/mol. The van der Waals surface area contributed by atoms with Crippen LogP contribution in [-0.2, 0) is 47.0 Å². The lowest BCUT2D eigenvalue weighted by Crippen LogP contribution is -2.42. The van der Waals surface area contributed by atoms with Crippen LogP contribution in [0.25, 0.3) is 0 Å². The highest BCUT2D eigenvalue weighted by molar-refractivity contribution is 7.47. The number of rotatable bonds is 29. The molecule has 1 saturated heterocycles. The Labute approximate surface area is 280 Å². The Morgan fingerprint density at radius 1 is 0.872 bits per heavy atom. The number of ether oxygens (including phenoxy) is 3. The summed E-state index contributed by atoms with van der Waals surface area (Å²) in [7, 11) is -4.75. The van der Waals surface area contributed by atoms with Gasteiger partial charge in [-0.1, -0.05) is 84.0 Å². The quantitative estimate of drug-likeness (QED) is 0.0494. The molecule has 4 atom stereocenters. The minimum Gasteiger partial charge on any atom is -0.480 e. The third-order valence-electron chi connectivity index (χ3n) is 7.77. The monoisotopic (exact) mass is 696 g/mol. The van der Waals surface area contributed by atoms with E-state index in [-0.39, 0.29) is 24.5 Å². The zero-order valence-electron chi connectivity index (χ0n) is 29.0. The summed E-state index contributed by atoms with van der Waals surface area (Å²) in [5.74, 6) is -2.56. The number of hydrogen-bond donors (Lipinski definition) is 3. The molecule has 4 N–H and O–H groups in total. The van der Waals surface area contributed by atoms with Gasteiger partial charge < -0.3 is 29.9 Å². The van der Waals surface area contributed by atoms with Crippen molar-refractivity contribution in [3.05, 3.63) is 0 Å². The summed E-state index contributed by atoms with van der Waals surface area (Å²) in [4.78, 5) is 51.7. The summed E-state index contributed by atoms with van der Waals surface area (Å²) in [6.45, 7) is 7.00. The van der Waals surface area contributed by atoms with Gasteiger partial charge in [0.05, 0.1) is 31.5 Å². The maximum absolute atomic E-state index is 12.6. The molecule has 1 fully saturated rings. The summed E-state index contributed by atoms with van der Waals surface area (Å²) in [6, 6.07) is -1.54. The molecule has 15 heteroatoms. The van der Waals surface area contributed by atoms with E-state index in [9.17, 15) is 23.8 Å². The van der Waals surface area contributed by atoms with Crippen molar-refractivity contribution in [2.24, 2.45) is 5.73 Å². The molecule has 1 aliphatic heterocycles. The number of carboxylic acid groups (broad SMARTS) is 1. The van der Waals surface area contributed by atoms with Gasteiger partial charge in [0.2, 0.25) is 0 Å². The molecule has 14 nitrogen and oxygen atoms in total. The summed E-state index contributed by atoms with van der Waals surface area (Å²) >= 11 is 0. The second-order valence-corrected chi connectivity index (χ2v) is 14.4. The van der Waals surface area contributed by atoms with Gasteiger partial charge in [-0.15, -0.1) is 0 Å². The Morgan fingerprint density at radius 2 is 1.43 bits per heavy atom. The Morgan fingerprint density at radius 3 is 1.96 bits per heavy atom. The van der Waals surface area contributed by atoms with E-state index in [1.54, 1.807) is 5.06 Å². The van der Waals surface area contributed by atoms with Crippen molar-refractivity contribution < 1.29 is 57.0 Å². The lowest BCUT2D eigenvalue weighted by molar-refractivity contribution is -0.233. The normalized spacial score (nSPS) is 17.9. The van der Waals surface area contributed by atoms with Crippen LogP contribution in [0.2, 0.25) is 0 Å². The number of aliphatic carboxylic acids is 1. The molecule has 2 unspecified atom stereocenters. The molecule has 0 aromatic carbocycles. The van der Waals surface area contributed by atoms with Gasteiger partial charge in [0, 0.05) is 12.8 Å². The first-order valence-corrected chi connectivity index (χ1v) is 18.7. The molecule has 1 aliphatic rings. The zero-order valence-corrected chi connectivity index (χ0v) is 29.9. The first kappa shape index (κ1) is 43.4. The van der Waals surface area contributed by atoms with Crippen molar-refractivity contribution in [2.75, 3.05) is 33.2 Å². The van der Waals surface area contributed by atoms with E-state index in [1.165, 1.54) is 57.8 Å². The summed E-state index contributed by atoms with van der Waals surface area (Å²) in [6.07, 6.45) is 14.3. The van der Waals surface area contributed by atoms with E-state index in [1.807, 2.05) is 20.8 Å². The van der Waals surface area contributed by atoms with Crippen LogP contribution in [0.1, 0.15) is 130 Å². The van der Waals surface area contributed by atoms with Crippen LogP contribution in [0.3, 0.4) is 0 Å². The summed E-state index contributed by atoms with van der Waals surface area (Å²) in [5, 5.41) is 10.6. The topological polar surface area (TPSA) is 193 Å². The number of nitrogens with two attached hydrogens (primary N) is 1. The van der Waals surface area contributed by atoms with E-state index in [0.717, 1.165) is 19.3 Å². The first-order valence-electron chi connectivity index (χ1n) is 17.2. The van der Waals surface area contributed by atoms with Crippen molar-refractivity contribution in [3.8, 4) is 0 Å². The van der Waals surface area contributed by atoms with Crippen molar-refractivity contribution in [1.82, 2.24) is 5.06 Å². The molecular formula is C32H61N2O12P. The molecular weight excluding hydrogens is 635 g/mol. The van der Waals surface area contributed by atoms with Crippen molar-refractivity contribution in [3.63, 3.8) is 0 Å². The van der Waals surface area contributed by atoms with Gasteiger partial charge in [0.15, 0.2) is 6.10 Å². The number of esters is 2. The number of unbranched alkanes of at least 4 members (excludes halogenated alkanes) is 12. The molecule has 1 rings (SSSR count). The third-order valence-corrected chi connectivity index (χ3v) is 8.72. The Kier molecular flexibility index (Phi) is 22.6. The van der Waals surface area contributed by atoms with Crippen LogP contribution in [-0.4, -0.2) is 89.9 Å². The number of carbonyl (C=O) groups is 3. The van der Waals surface area contributed by atoms with Gasteiger partial charge in [-0.25, -0.2) is 4.57 Å². The summed E-state index contributed by atoms with van der Waals surface area (Å²) < 4.78 is 37.9. The molecule has 0 radical (unpaired) electrons. The molecule has 0 aromatic rings. The molecule has 0 aromatic heterocycles. The van der Waals surface area contributed by atoms with Crippen LogP contribution in [0.4, 0.5) is 0 Å². The van der Waals surface area contributed by atoms with Gasteiger partial charge in [-0.3, -0.25) is 28.3 Å². The van der Waals surface area contributed by atoms with E-state index in [0.29, 0.717) is 26.2 Å². The Hall–Kier alpha value is -1.64.